The van der Waals surface area contributed by atoms with Crippen LogP contribution in [0.4, 0.5) is 5.82 Å². The van der Waals surface area contributed by atoms with E-state index in [1.54, 1.807) is 0 Å². The number of benzene rings is 1. The van der Waals surface area contributed by atoms with Crippen molar-refractivity contribution in [2.45, 2.75) is 18.0 Å². The van der Waals surface area contributed by atoms with Crippen molar-refractivity contribution in [3.8, 4) is 17.3 Å². The van der Waals surface area contributed by atoms with E-state index in [0.717, 1.165) is 37.3 Å². The molecule has 0 unspecified atom stereocenters. The monoisotopic (exact) mass is 330 g/mol. The van der Waals surface area contributed by atoms with Crippen LogP contribution < -0.4 is 4.90 Å². The van der Waals surface area contributed by atoms with Gasteiger partial charge in [-0.1, -0.05) is 35.5 Å². The maximum Gasteiger partial charge on any atom is 0.189 e. The zero-order valence-corrected chi connectivity index (χ0v) is 13.8. The number of nitriles is 1. The molecule has 0 amide bonds. The first kappa shape index (κ1) is 15.1. The fraction of sp³-hybridized carbons (Fsp3) is 0.312. The van der Waals surface area contributed by atoms with Gasteiger partial charge in [-0.2, -0.15) is 5.26 Å². The smallest absolute Gasteiger partial charge is 0.189 e. The quantitative estimate of drug-likeness (QED) is 0.629. The summed E-state index contributed by atoms with van der Waals surface area (Å²) in [5.41, 5.74) is 2.11. The molecule has 2 aromatic rings. The fourth-order valence-corrected chi connectivity index (χ4v) is 3.08. The van der Waals surface area contributed by atoms with Gasteiger partial charge in [0.1, 0.15) is 11.6 Å². The lowest BCUT2D eigenvalue weighted by molar-refractivity contribution is 0.877. The summed E-state index contributed by atoms with van der Waals surface area (Å²) in [6.45, 7) is 1.89. The Bertz CT molecular complexity index is 718. The average molecular weight is 331 g/mol. The maximum atomic E-state index is 9.65. The molecule has 112 valence electrons. The van der Waals surface area contributed by atoms with Crippen LogP contribution in [-0.2, 0) is 0 Å². The zero-order valence-electron chi connectivity index (χ0n) is 12.2. The van der Waals surface area contributed by atoms with Crippen molar-refractivity contribution in [2.75, 3.05) is 24.2 Å². The van der Waals surface area contributed by atoms with Gasteiger partial charge in [0.25, 0.3) is 0 Å². The van der Waals surface area contributed by atoms with E-state index in [2.05, 4.69) is 20.9 Å². The zero-order chi connectivity index (χ0) is 15.5. The summed E-state index contributed by atoms with van der Waals surface area (Å²) in [6.07, 6.45) is 4.22. The van der Waals surface area contributed by atoms with Gasteiger partial charge in [0.15, 0.2) is 11.0 Å². The third-order valence-corrected chi connectivity index (χ3v) is 4.49. The molecule has 4 nitrogen and oxygen atoms in total. The van der Waals surface area contributed by atoms with Crippen LogP contribution in [0.3, 0.4) is 0 Å². The van der Waals surface area contributed by atoms with Crippen molar-refractivity contribution >= 4 is 29.2 Å². The fourth-order valence-electron chi connectivity index (χ4n) is 2.60. The van der Waals surface area contributed by atoms with E-state index in [1.807, 2.05) is 30.5 Å². The molecule has 22 heavy (non-hydrogen) atoms. The Kier molecular flexibility index (Phi) is 4.51. The second-order valence-corrected chi connectivity index (χ2v) is 6.28. The number of hydrogen-bond acceptors (Lipinski definition) is 5. The third-order valence-electron chi connectivity index (χ3n) is 3.69. The first-order valence-electron chi connectivity index (χ1n) is 7.10. The Labute approximate surface area is 139 Å². The molecule has 1 saturated heterocycles. The van der Waals surface area contributed by atoms with Crippen molar-refractivity contribution in [3.63, 3.8) is 0 Å². The van der Waals surface area contributed by atoms with E-state index < -0.39 is 0 Å². The largest absolute Gasteiger partial charge is 0.355 e. The Hall–Kier alpha value is -1.77. The lowest BCUT2D eigenvalue weighted by Crippen LogP contribution is -2.21. The number of hydrogen-bond donors (Lipinski definition) is 0. The lowest BCUT2D eigenvalue weighted by Gasteiger charge is -2.19. The molecule has 1 aliphatic heterocycles. The van der Waals surface area contributed by atoms with Crippen LogP contribution in [-0.4, -0.2) is 29.3 Å². The SMILES string of the molecule is CSc1nc(-c2ccc(Cl)cc2)c(C#N)c(N2CCCC2)n1. The topological polar surface area (TPSA) is 52.8 Å². The first-order chi connectivity index (χ1) is 10.7. The summed E-state index contributed by atoms with van der Waals surface area (Å²) in [6, 6.07) is 9.71. The minimum Gasteiger partial charge on any atom is -0.355 e. The van der Waals surface area contributed by atoms with E-state index in [4.69, 9.17) is 11.6 Å². The summed E-state index contributed by atoms with van der Waals surface area (Å²) in [7, 11) is 0. The van der Waals surface area contributed by atoms with E-state index in [-0.39, 0.29) is 0 Å². The maximum absolute atomic E-state index is 9.65. The molecule has 0 atom stereocenters. The van der Waals surface area contributed by atoms with Crippen LogP contribution in [0.2, 0.25) is 5.02 Å². The molecule has 0 radical (unpaired) electrons. The first-order valence-corrected chi connectivity index (χ1v) is 8.70. The highest BCUT2D eigenvalue weighted by atomic mass is 35.5. The number of halogens is 1. The normalized spacial score (nSPS) is 14.1. The predicted octanol–water partition coefficient (Wildman–Crippen LogP) is 3.99. The summed E-state index contributed by atoms with van der Waals surface area (Å²) in [5, 5.41) is 11.0. The molecular weight excluding hydrogens is 316 g/mol. The molecule has 6 heteroatoms. The number of anilines is 1. The van der Waals surface area contributed by atoms with Crippen molar-refractivity contribution in [1.82, 2.24) is 9.97 Å². The molecule has 1 aliphatic rings. The highest BCUT2D eigenvalue weighted by Crippen LogP contribution is 2.32. The highest BCUT2D eigenvalue weighted by molar-refractivity contribution is 7.98. The molecule has 0 aliphatic carbocycles. The van der Waals surface area contributed by atoms with Gasteiger partial charge in [0, 0.05) is 23.7 Å². The van der Waals surface area contributed by atoms with Crippen molar-refractivity contribution in [1.29, 1.82) is 5.26 Å². The number of rotatable bonds is 3. The molecular formula is C16H15ClN4S. The summed E-state index contributed by atoms with van der Waals surface area (Å²) >= 11 is 7.44. The molecule has 0 saturated carbocycles. The van der Waals surface area contributed by atoms with Crippen LogP contribution in [0.5, 0.6) is 0 Å². The van der Waals surface area contributed by atoms with Gasteiger partial charge in [-0.15, -0.1) is 0 Å². The van der Waals surface area contributed by atoms with Crippen LogP contribution in [0.15, 0.2) is 29.4 Å². The highest BCUT2D eigenvalue weighted by Gasteiger charge is 2.22. The van der Waals surface area contributed by atoms with E-state index in [9.17, 15) is 5.26 Å². The van der Waals surface area contributed by atoms with Crippen molar-refractivity contribution in [2.24, 2.45) is 0 Å². The summed E-state index contributed by atoms with van der Waals surface area (Å²) < 4.78 is 0. The van der Waals surface area contributed by atoms with Gasteiger partial charge in [0.2, 0.25) is 0 Å². The Morgan fingerprint density at radius 3 is 2.45 bits per heavy atom. The van der Waals surface area contributed by atoms with Crippen LogP contribution >= 0.6 is 23.4 Å². The van der Waals surface area contributed by atoms with Crippen molar-refractivity contribution < 1.29 is 0 Å². The second kappa shape index (κ2) is 6.55. The van der Waals surface area contributed by atoms with Crippen LogP contribution in [0.1, 0.15) is 18.4 Å². The Balaban J connectivity index is 2.17. The lowest BCUT2D eigenvalue weighted by atomic mass is 10.1. The molecule has 2 heterocycles. The predicted molar refractivity (Wildman–Crippen MR) is 90.4 cm³/mol. The van der Waals surface area contributed by atoms with Gasteiger partial charge in [0.05, 0.1) is 5.69 Å². The van der Waals surface area contributed by atoms with E-state index >= 15 is 0 Å². The van der Waals surface area contributed by atoms with Gasteiger partial charge < -0.3 is 4.90 Å². The summed E-state index contributed by atoms with van der Waals surface area (Å²) in [5.74, 6) is 0.754. The molecule has 1 aromatic carbocycles. The molecule has 0 spiro atoms. The van der Waals surface area contributed by atoms with Gasteiger partial charge in [-0.05, 0) is 31.2 Å². The molecule has 0 N–H and O–H groups in total. The Morgan fingerprint density at radius 2 is 1.86 bits per heavy atom. The average Bonchev–Trinajstić information content (AvgIpc) is 3.08. The van der Waals surface area contributed by atoms with Crippen LogP contribution in [0.25, 0.3) is 11.3 Å². The van der Waals surface area contributed by atoms with Gasteiger partial charge in [-0.25, -0.2) is 9.97 Å². The number of thioether (sulfide) groups is 1. The third kappa shape index (κ3) is 2.90. The Morgan fingerprint density at radius 1 is 1.18 bits per heavy atom. The second-order valence-electron chi connectivity index (χ2n) is 5.07. The number of nitrogens with zero attached hydrogens (tertiary/aromatic N) is 4. The molecule has 1 aromatic heterocycles. The van der Waals surface area contributed by atoms with E-state index in [1.165, 1.54) is 11.8 Å². The van der Waals surface area contributed by atoms with Gasteiger partial charge in [-0.3, -0.25) is 0 Å². The standard InChI is InChI=1S/C16H15ClN4S/c1-22-16-19-14(11-4-6-12(17)7-5-11)13(10-18)15(20-16)21-8-2-3-9-21/h4-7H,2-3,8-9H2,1H3. The summed E-state index contributed by atoms with van der Waals surface area (Å²) in [4.78, 5) is 11.3. The molecule has 3 rings (SSSR count). The number of aromatic nitrogens is 2. The molecule has 1 fully saturated rings. The minimum absolute atomic E-state index is 0.544. The minimum atomic E-state index is 0.544. The van der Waals surface area contributed by atoms with Crippen molar-refractivity contribution in [3.05, 3.63) is 34.9 Å². The van der Waals surface area contributed by atoms with Gasteiger partial charge >= 0.3 is 0 Å². The molecule has 0 bridgehead atoms. The van der Waals surface area contributed by atoms with Crippen LogP contribution in [0, 0.1) is 11.3 Å². The van der Waals surface area contributed by atoms with E-state index in [0.29, 0.717) is 21.4 Å².